The van der Waals surface area contributed by atoms with E-state index in [2.05, 4.69) is 4.98 Å². The minimum absolute atomic E-state index is 0.00683. The zero-order valence-electron chi connectivity index (χ0n) is 18.6. The van der Waals surface area contributed by atoms with Gasteiger partial charge in [0.15, 0.2) is 0 Å². The number of carbonyl (C=O) groups is 2. The van der Waals surface area contributed by atoms with E-state index >= 15 is 0 Å². The van der Waals surface area contributed by atoms with Crippen molar-refractivity contribution in [2.24, 2.45) is 0 Å². The van der Waals surface area contributed by atoms with E-state index in [1.807, 2.05) is 13.8 Å². The molecule has 33 heavy (non-hydrogen) atoms. The van der Waals surface area contributed by atoms with Crippen LogP contribution in [-0.2, 0) is 9.59 Å². The molecule has 0 spiro atoms. The fourth-order valence-corrected chi connectivity index (χ4v) is 3.96. The number of aryl methyl sites for hydroxylation is 1. The molecule has 2 heterocycles. The maximum atomic E-state index is 13.2. The molecule has 1 aliphatic rings. The second-order valence-corrected chi connectivity index (χ2v) is 7.57. The van der Waals surface area contributed by atoms with Crippen molar-refractivity contribution in [2.75, 3.05) is 18.6 Å². The summed E-state index contributed by atoms with van der Waals surface area (Å²) >= 11 is 0. The molecular weight excluding hydrogens is 420 g/mol. The molecule has 0 aliphatic carbocycles. The summed E-state index contributed by atoms with van der Waals surface area (Å²) < 4.78 is 10.8. The van der Waals surface area contributed by atoms with E-state index in [-0.39, 0.29) is 11.3 Å². The Morgan fingerprint density at radius 2 is 1.88 bits per heavy atom. The third kappa shape index (κ3) is 4.05. The van der Waals surface area contributed by atoms with Crippen molar-refractivity contribution in [3.63, 3.8) is 0 Å². The van der Waals surface area contributed by atoms with Gasteiger partial charge in [-0.25, -0.2) is 0 Å². The fourth-order valence-electron chi connectivity index (χ4n) is 3.96. The summed E-state index contributed by atoms with van der Waals surface area (Å²) in [6.45, 7) is 4.26. The van der Waals surface area contributed by atoms with E-state index in [0.717, 1.165) is 5.56 Å². The van der Waals surface area contributed by atoms with E-state index in [1.165, 1.54) is 4.90 Å². The molecule has 1 aromatic heterocycles. The number of Topliss-reactive ketones (excluding diaryl/α,β-unsaturated/α-hetero) is 1. The van der Waals surface area contributed by atoms with Crippen LogP contribution in [0.3, 0.4) is 0 Å². The third-order valence-corrected chi connectivity index (χ3v) is 5.54. The van der Waals surface area contributed by atoms with E-state index in [4.69, 9.17) is 9.47 Å². The highest BCUT2D eigenvalue weighted by Gasteiger charge is 2.47. The van der Waals surface area contributed by atoms with Crippen molar-refractivity contribution in [1.82, 2.24) is 4.98 Å². The van der Waals surface area contributed by atoms with Crippen molar-refractivity contribution in [3.05, 3.63) is 89.3 Å². The van der Waals surface area contributed by atoms with Gasteiger partial charge in [-0.2, -0.15) is 0 Å². The second-order valence-electron chi connectivity index (χ2n) is 7.57. The molecule has 7 heteroatoms. The molecule has 0 radical (unpaired) electrons. The number of aromatic nitrogens is 1. The highest BCUT2D eigenvalue weighted by Crippen LogP contribution is 2.42. The Morgan fingerprint density at radius 3 is 2.48 bits per heavy atom. The highest BCUT2D eigenvalue weighted by molar-refractivity contribution is 6.51. The number of ketones is 1. The zero-order valence-corrected chi connectivity index (χ0v) is 18.6. The molecule has 7 nitrogen and oxygen atoms in total. The predicted molar refractivity (Wildman–Crippen MR) is 124 cm³/mol. The molecular formula is C26H24N2O5. The van der Waals surface area contributed by atoms with E-state index in [0.29, 0.717) is 34.9 Å². The molecule has 1 fully saturated rings. The maximum Gasteiger partial charge on any atom is 0.300 e. The van der Waals surface area contributed by atoms with E-state index in [1.54, 1.807) is 74.1 Å². The Morgan fingerprint density at radius 1 is 1.12 bits per heavy atom. The lowest BCUT2D eigenvalue weighted by Gasteiger charge is -2.25. The molecule has 4 rings (SSSR count). The molecule has 168 valence electrons. The summed E-state index contributed by atoms with van der Waals surface area (Å²) in [6.07, 6.45) is 3.20. The molecule has 1 atom stereocenters. The van der Waals surface area contributed by atoms with Crippen LogP contribution in [0.1, 0.15) is 29.7 Å². The van der Waals surface area contributed by atoms with Crippen LogP contribution in [0, 0.1) is 6.92 Å². The first-order valence-electron chi connectivity index (χ1n) is 10.5. The lowest BCUT2D eigenvalue weighted by molar-refractivity contribution is -0.132. The molecule has 0 bridgehead atoms. The summed E-state index contributed by atoms with van der Waals surface area (Å²) in [7, 11) is 1.55. The number of anilines is 1. The molecule has 3 aromatic rings. The summed E-state index contributed by atoms with van der Waals surface area (Å²) in [5, 5.41) is 11.2. The smallest absolute Gasteiger partial charge is 0.300 e. The number of aliphatic hydroxyl groups is 1. The average Bonchev–Trinajstić information content (AvgIpc) is 3.11. The van der Waals surface area contributed by atoms with Crippen LogP contribution in [0.4, 0.5) is 5.69 Å². The van der Waals surface area contributed by atoms with Gasteiger partial charge in [0.1, 0.15) is 17.3 Å². The predicted octanol–water partition coefficient (Wildman–Crippen LogP) is 4.42. The summed E-state index contributed by atoms with van der Waals surface area (Å²) in [5.74, 6) is -0.416. The van der Waals surface area contributed by atoms with E-state index in [9.17, 15) is 14.7 Å². The monoisotopic (exact) mass is 444 g/mol. The van der Waals surface area contributed by atoms with Crippen LogP contribution in [0.5, 0.6) is 11.5 Å². The van der Waals surface area contributed by atoms with Gasteiger partial charge in [0.25, 0.3) is 11.7 Å². The largest absolute Gasteiger partial charge is 0.507 e. The Kier molecular flexibility index (Phi) is 6.13. The van der Waals surface area contributed by atoms with Crippen LogP contribution < -0.4 is 14.4 Å². The summed E-state index contributed by atoms with van der Waals surface area (Å²) in [4.78, 5) is 31.9. The molecule has 1 aliphatic heterocycles. The molecule has 1 unspecified atom stereocenters. The highest BCUT2D eigenvalue weighted by atomic mass is 16.5. The Bertz CT molecular complexity index is 1220. The maximum absolute atomic E-state index is 13.2. The Labute approximate surface area is 191 Å². The molecule has 0 saturated carbocycles. The summed E-state index contributed by atoms with van der Waals surface area (Å²) in [5.41, 5.74) is 2.36. The number of pyridine rings is 1. The second kappa shape index (κ2) is 9.16. The van der Waals surface area contributed by atoms with Crippen molar-refractivity contribution in [1.29, 1.82) is 0 Å². The number of amides is 1. The van der Waals surface area contributed by atoms with Crippen LogP contribution in [0.2, 0.25) is 0 Å². The fraction of sp³-hybridized carbons (Fsp3) is 0.192. The summed E-state index contributed by atoms with van der Waals surface area (Å²) in [6, 6.07) is 14.7. The normalized spacial score (nSPS) is 17.3. The van der Waals surface area contributed by atoms with Gasteiger partial charge >= 0.3 is 0 Å². The van der Waals surface area contributed by atoms with Crippen LogP contribution in [-0.4, -0.2) is 35.5 Å². The number of hydrogen-bond donors (Lipinski definition) is 1. The molecule has 2 aromatic carbocycles. The first-order chi connectivity index (χ1) is 16.0. The lowest BCUT2D eigenvalue weighted by Crippen LogP contribution is -2.29. The number of ether oxygens (including phenoxy) is 2. The van der Waals surface area contributed by atoms with Gasteiger partial charge in [0.05, 0.1) is 25.3 Å². The van der Waals surface area contributed by atoms with Crippen LogP contribution >= 0.6 is 0 Å². The van der Waals surface area contributed by atoms with Gasteiger partial charge in [0, 0.05) is 23.6 Å². The topological polar surface area (TPSA) is 89.0 Å². The van der Waals surface area contributed by atoms with Crippen molar-refractivity contribution < 1.29 is 24.2 Å². The minimum atomic E-state index is -0.834. The average molecular weight is 444 g/mol. The van der Waals surface area contributed by atoms with Crippen LogP contribution in [0.15, 0.2) is 72.6 Å². The standard InChI is InChI=1S/C26H24N2O5/c1-4-33-21-12-7-17(14-16(21)2)24(29)22-23(18-6-5-13-27-15-18)28(26(31)25(22)30)19-8-10-20(32-3)11-9-19/h5-15,23,29H,4H2,1-3H3/b24-22-. The van der Waals surface area contributed by atoms with Crippen molar-refractivity contribution >= 4 is 23.1 Å². The van der Waals surface area contributed by atoms with Crippen molar-refractivity contribution in [2.45, 2.75) is 19.9 Å². The Hall–Kier alpha value is -4.13. The molecule has 1 amide bonds. The number of hydrogen-bond acceptors (Lipinski definition) is 6. The number of methoxy groups -OCH3 is 1. The molecule has 1 N–H and O–H groups in total. The van der Waals surface area contributed by atoms with Gasteiger partial charge in [-0.05, 0) is 73.5 Å². The SMILES string of the molecule is CCOc1ccc(/C(O)=C2/C(=O)C(=O)N(c3ccc(OC)cc3)C2c2cccnc2)cc1C. The van der Waals surface area contributed by atoms with E-state index < -0.39 is 17.7 Å². The van der Waals surface area contributed by atoms with Gasteiger partial charge in [-0.1, -0.05) is 6.07 Å². The minimum Gasteiger partial charge on any atom is -0.507 e. The number of rotatable bonds is 6. The third-order valence-electron chi connectivity index (χ3n) is 5.54. The number of carbonyl (C=O) groups excluding carboxylic acids is 2. The van der Waals surface area contributed by atoms with Crippen LogP contribution in [0.25, 0.3) is 5.76 Å². The van der Waals surface area contributed by atoms with Crippen molar-refractivity contribution in [3.8, 4) is 11.5 Å². The first kappa shape index (κ1) is 22.1. The molecule has 1 saturated heterocycles. The zero-order chi connectivity index (χ0) is 23.5. The lowest BCUT2D eigenvalue weighted by atomic mass is 9.95. The quantitative estimate of drug-likeness (QED) is 0.344. The number of aliphatic hydroxyl groups excluding tert-OH is 1. The van der Waals surface area contributed by atoms with Gasteiger partial charge in [0.2, 0.25) is 0 Å². The number of nitrogens with zero attached hydrogens (tertiary/aromatic N) is 2. The van der Waals surface area contributed by atoms with Gasteiger partial charge < -0.3 is 14.6 Å². The Balaban J connectivity index is 1.88. The van der Waals surface area contributed by atoms with Gasteiger partial charge in [-0.15, -0.1) is 0 Å². The first-order valence-corrected chi connectivity index (χ1v) is 10.5. The van der Waals surface area contributed by atoms with Gasteiger partial charge in [-0.3, -0.25) is 19.5 Å². The number of benzene rings is 2.